The molecular weight excluding hydrogens is 347 g/mol. The summed E-state index contributed by atoms with van der Waals surface area (Å²) in [6.45, 7) is 4.20. The number of halogens is 1. The van der Waals surface area contributed by atoms with E-state index in [1.54, 1.807) is 29.3 Å². The van der Waals surface area contributed by atoms with Gasteiger partial charge in [-0.3, -0.25) is 4.90 Å². The van der Waals surface area contributed by atoms with E-state index in [2.05, 4.69) is 24.9 Å². The monoisotopic (exact) mass is 368 g/mol. The Kier molecular flexibility index (Phi) is 4.97. The van der Waals surface area contributed by atoms with Crippen LogP contribution in [0.5, 0.6) is 5.75 Å². The first kappa shape index (κ1) is 17.4. The van der Waals surface area contributed by atoms with Crippen LogP contribution < -0.4 is 9.64 Å². The zero-order valence-corrected chi connectivity index (χ0v) is 15.1. The number of aromatic nitrogens is 4. The van der Waals surface area contributed by atoms with Gasteiger partial charge >= 0.3 is 0 Å². The highest BCUT2D eigenvalue weighted by atomic mass is 19.1. The fourth-order valence-corrected chi connectivity index (χ4v) is 3.24. The van der Waals surface area contributed by atoms with Crippen LogP contribution in [0.1, 0.15) is 5.56 Å². The largest absolute Gasteiger partial charge is 0.494 e. The van der Waals surface area contributed by atoms with Crippen molar-refractivity contribution in [3.63, 3.8) is 0 Å². The van der Waals surface area contributed by atoms with E-state index in [1.807, 2.05) is 24.4 Å². The zero-order chi connectivity index (χ0) is 18.6. The van der Waals surface area contributed by atoms with Crippen LogP contribution >= 0.6 is 0 Å². The van der Waals surface area contributed by atoms with Crippen molar-refractivity contribution in [2.45, 2.75) is 6.54 Å². The maximum atomic E-state index is 13.9. The molecule has 27 heavy (non-hydrogen) atoms. The van der Waals surface area contributed by atoms with Crippen molar-refractivity contribution in [2.75, 3.05) is 38.2 Å². The van der Waals surface area contributed by atoms with Gasteiger partial charge in [0.05, 0.1) is 7.11 Å². The zero-order valence-electron chi connectivity index (χ0n) is 15.1. The molecule has 0 atom stereocenters. The molecule has 0 bridgehead atoms. The van der Waals surface area contributed by atoms with Gasteiger partial charge in [-0.05, 0) is 23.8 Å². The second-order valence-corrected chi connectivity index (χ2v) is 6.42. The van der Waals surface area contributed by atoms with Crippen LogP contribution in [0.4, 0.5) is 10.2 Å². The van der Waals surface area contributed by atoms with E-state index >= 15 is 0 Å². The third-order valence-electron chi connectivity index (χ3n) is 4.70. The number of hydrogen-bond donors (Lipinski definition) is 0. The minimum atomic E-state index is -0.319. The predicted octanol–water partition coefficient (Wildman–Crippen LogP) is 2.13. The molecule has 1 aromatic carbocycles. The Balaban J connectivity index is 1.38. The minimum absolute atomic E-state index is 0.278. The topological polar surface area (TPSA) is 59.3 Å². The predicted molar refractivity (Wildman–Crippen MR) is 99.6 cm³/mol. The number of anilines is 1. The van der Waals surface area contributed by atoms with Gasteiger partial charge in [0, 0.05) is 51.2 Å². The lowest BCUT2D eigenvalue weighted by Gasteiger charge is -2.35. The van der Waals surface area contributed by atoms with E-state index in [1.165, 1.54) is 7.11 Å². The Morgan fingerprint density at radius 3 is 2.59 bits per heavy atom. The van der Waals surface area contributed by atoms with E-state index in [0.717, 1.165) is 49.9 Å². The first-order valence-electron chi connectivity index (χ1n) is 8.85. The maximum absolute atomic E-state index is 13.9. The molecule has 0 saturated carbocycles. The lowest BCUT2D eigenvalue weighted by molar-refractivity contribution is 0.249. The number of rotatable bonds is 5. The van der Waals surface area contributed by atoms with Crippen molar-refractivity contribution >= 4 is 5.82 Å². The van der Waals surface area contributed by atoms with Gasteiger partial charge in [0.15, 0.2) is 17.4 Å². The van der Waals surface area contributed by atoms with Crippen LogP contribution in [0, 0.1) is 5.82 Å². The molecular formula is C19H21FN6O. The molecule has 4 rings (SSSR count). The van der Waals surface area contributed by atoms with Crippen molar-refractivity contribution in [1.29, 1.82) is 0 Å². The third kappa shape index (κ3) is 3.90. The van der Waals surface area contributed by atoms with Crippen LogP contribution in [0.2, 0.25) is 0 Å². The highest BCUT2D eigenvalue weighted by Gasteiger charge is 2.19. The summed E-state index contributed by atoms with van der Waals surface area (Å²) in [5.41, 5.74) is 0.949. The molecule has 8 heteroatoms. The molecule has 1 fully saturated rings. The molecule has 3 aromatic rings. The molecule has 2 aromatic heterocycles. The van der Waals surface area contributed by atoms with E-state index < -0.39 is 0 Å². The van der Waals surface area contributed by atoms with Gasteiger partial charge < -0.3 is 9.64 Å². The summed E-state index contributed by atoms with van der Waals surface area (Å²) >= 11 is 0. The minimum Gasteiger partial charge on any atom is -0.494 e. The first-order chi connectivity index (χ1) is 13.2. The third-order valence-corrected chi connectivity index (χ3v) is 4.70. The molecule has 0 N–H and O–H groups in total. The van der Waals surface area contributed by atoms with Crippen LogP contribution in [-0.2, 0) is 6.54 Å². The smallest absolute Gasteiger partial charge is 0.165 e. The maximum Gasteiger partial charge on any atom is 0.165 e. The van der Waals surface area contributed by atoms with Gasteiger partial charge in [-0.2, -0.15) is 5.10 Å². The number of benzene rings is 1. The van der Waals surface area contributed by atoms with Gasteiger partial charge in [-0.25, -0.2) is 19.0 Å². The summed E-state index contributed by atoms with van der Waals surface area (Å²) in [6.07, 6.45) is 5.15. The Labute approximate surface area is 157 Å². The Morgan fingerprint density at radius 1 is 1.07 bits per heavy atom. The second-order valence-electron chi connectivity index (χ2n) is 6.42. The molecule has 1 aliphatic heterocycles. The number of nitrogens with zero attached hydrogens (tertiary/aromatic N) is 6. The highest BCUT2D eigenvalue weighted by Crippen LogP contribution is 2.20. The SMILES string of the molecule is COc1ccc(CN2CCN(c3cc(-n4cccn4)ncn3)CC2)cc1F. The lowest BCUT2D eigenvalue weighted by atomic mass is 10.2. The Bertz CT molecular complexity index is 893. The first-order valence-corrected chi connectivity index (χ1v) is 8.85. The molecule has 1 saturated heterocycles. The van der Waals surface area contributed by atoms with Crippen molar-refractivity contribution in [2.24, 2.45) is 0 Å². The summed E-state index contributed by atoms with van der Waals surface area (Å²) < 4.78 is 20.6. The lowest BCUT2D eigenvalue weighted by Crippen LogP contribution is -2.46. The molecule has 140 valence electrons. The van der Waals surface area contributed by atoms with Crippen molar-refractivity contribution in [3.05, 3.63) is 60.4 Å². The number of hydrogen-bond acceptors (Lipinski definition) is 6. The average Bonchev–Trinajstić information content (AvgIpc) is 3.24. The van der Waals surface area contributed by atoms with Crippen LogP contribution in [0.25, 0.3) is 5.82 Å². The van der Waals surface area contributed by atoms with E-state index in [0.29, 0.717) is 0 Å². The molecule has 0 amide bonds. The molecule has 0 unspecified atom stereocenters. The fraction of sp³-hybridized carbons (Fsp3) is 0.316. The average molecular weight is 368 g/mol. The second kappa shape index (κ2) is 7.71. The standard InChI is InChI=1S/C19H21FN6O/c1-27-17-4-3-15(11-16(17)20)13-24-7-9-25(10-8-24)18-12-19(22-14-21-18)26-6-2-5-23-26/h2-6,11-12,14H,7-10,13H2,1H3. The molecule has 3 heterocycles. The van der Waals surface area contributed by atoms with E-state index in [4.69, 9.17) is 4.74 Å². The Morgan fingerprint density at radius 2 is 1.89 bits per heavy atom. The van der Waals surface area contributed by atoms with Gasteiger partial charge in [0.2, 0.25) is 0 Å². The van der Waals surface area contributed by atoms with Gasteiger partial charge in [0.1, 0.15) is 12.1 Å². The summed E-state index contributed by atoms with van der Waals surface area (Å²) in [5.74, 6) is 1.60. The molecule has 0 spiro atoms. The Hall–Kier alpha value is -3.00. The quantitative estimate of drug-likeness (QED) is 0.688. The highest BCUT2D eigenvalue weighted by molar-refractivity contribution is 5.43. The van der Waals surface area contributed by atoms with Crippen molar-refractivity contribution < 1.29 is 9.13 Å². The molecule has 0 radical (unpaired) electrons. The van der Waals surface area contributed by atoms with Crippen LogP contribution in [0.15, 0.2) is 49.1 Å². The summed E-state index contributed by atoms with van der Waals surface area (Å²) in [7, 11) is 1.47. The normalized spacial score (nSPS) is 15.1. The molecule has 7 nitrogen and oxygen atoms in total. The van der Waals surface area contributed by atoms with Crippen LogP contribution in [0.3, 0.4) is 0 Å². The summed E-state index contributed by atoms with van der Waals surface area (Å²) in [4.78, 5) is 13.2. The number of ether oxygens (including phenoxy) is 1. The molecule has 1 aliphatic rings. The number of piperazine rings is 1. The van der Waals surface area contributed by atoms with Crippen molar-refractivity contribution in [3.8, 4) is 11.6 Å². The van der Waals surface area contributed by atoms with Gasteiger partial charge in [0.25, 0.3) is 0 Å². The fourth-order valence-electron chi connectivity index (χ4n) is 3.24. The summed E-state index contributed by atoms with van der Waals surface area (Å²) in [6, 6.07) is 8.95. The van der Waals surface area contributed by atoms with Crippen LogP contribution in [-0.4, -0.2) is 57.9 Å². The van der Waals surface area contributed by atoms with Gasteiger partial charge in [-0.1, -0.05) is 6.07 Å². The molecule has 0 aliphatic carbocycles. The van der Waals surface area contributed by atoms with E-state index in [9.17, 15) is 4.39 Å². The summed E-state index contributed by atoms with van der Waals surface area (Å²) in [5, 5.41) is 4.21. The van der Waals surface area contributed by atoms with Crippen molar-refractivity contribution in [1.82, 2.24) is 24.6 Å². The number of methoxy groups -OCH3 is 1. The van der Waals surface area contributed by atoms with Gasteiger partial charge in [-0.15, -0.1) is 0 Å². The van der Waals surface area contributed by atoms with E-state index in [-0.39, 0.29) is 11.6 Å².